The van der Waals surface area contributed by atoms with Crippen LogP contribution in [0.25, 0.3) is 0 Å². The molecular weight excluding hydrogens is 236 g/mol. The van der Waals surface area contributed by atoms with Crippen LogP contribution in [0.15, 0.2) is 22.8 Å². The first-order valence-corrected chi connectivity index (χ1v) is 5.87. The van der Waals surface area contributed by atoms with E-state index in [9.17, 15) is 14.7 Å². The summed E-state index contributed by atoms with van der Waals surface area (Å²) < 4.78 is 0. The van der Waals surface area contributed by atoms with Gasteiger partial charge in [0.2, 0.25) is 0 Å². The first-order valence-electron chi connectivity index (χ1n) is 5.87. The lowest BCUT2D eigenvalue weighted by atomic mass is 9.68. The number of hydrogen-bond donors (Lipinski definition) is 3. The molecule has 1 unspecified atom stereocenters. The Labute approximate surface area is 105 Å². The zero-order valence-corrected chi connectivity index (χ0v) is 10.6. The van der Waals surface area contributed by atoms with Crippen LogP contribution >= 0.6 is 0 Å². The minimum atomic E-state index is -1.16. The lowest BCUT2D eigenvalue weighted by Gasteiger charge is -2.34. The van der Waals surface area contributed by atoms with Crippen molar-refractivity contribution in [3.8, 4) is 0 Å². The molecule has 5 heteroatoms. The number of allylic oxidation sites excluding steroid dienone is 1. The van der Waals surface area contributed by atoms with Gasteiger partial charge >= 0.3 is 11.9 Å². The second-order valence-electron chi connectivity index (χ2n) is 4.52. The van der Waals surface area contributed by atoms with Crippen LogP contribution < -0.4 is 0 Å². The monoisotopic (exact) mass is 254 g/mol. The number of aliphatic hydroxyl groups excluding tert-OH is 1. The Bertz CT molecular complexity index is 433. The second kappa shape index (κ2) is 5.35. The van der Waals surface area contributed by atoms with Gasteiger partial charge in [0, 0.05) is 12.2 Å². The van der Waals surface area contributed by atoms with Gasteiger partial charge < -0.3 is 15.3 Å². The highest BCUT2D eigenvalue weighted by Gasteiger charge is 2.43. The van der Waals surface area contributed by atoms with E-state index >= 15 is 0 Å². The third-order valence-corrected chi connectivity index (χ3v) is 3.71. The van der Waals surface area contributed by atoms with E-state index in [1.807, 2.05) is 0 Å². The predicted octanol–water partition coefficient (Wildman–Crippen LogP) is 1.58. The van der Waals surface area contributed by atoms with Gasteiger partial charge in [-0.1, -0.05) is 12.5 Å². The van der Waals surface area contributed by atoms with E-state index < -0.39 is 17.4 Å². The molecule has 0 aromatic rings. The molecule has 0 fully saturated rings. The molecule has 1 atom stereocenters. The minimum Gasteiger partial charge on any atom is -0.481 e. The Morgan fingerprint density at radius 2 is 2.00 bits per heavy atom. The molecule has 0 aromatic heterocycles. The summed E-state index contributed by atoms with van der Waals surface area (Å²) in [5.41, 5.74) is 0.197. The van der Waals surface area contributed by atoms with Crippen molar-refractivity contribution in [2.75, 3.05) is 6.61 Å². The largest absolute Gasteiger partial charge is 0.481 e. The summed E-state index contributed by atoms with van der Waals surface area (Å²) in [6.45, 7) is 3.31. The molecule has 3 N–H and O–H groups in total. The summed E-state index contributed by atoms with van der Waals surface area (Å²) >= 11 is 0. The average Bonchev–Trinajstić information content (AvgIpc) is 2.31. The van der Waals surface area contributed by atoms with Crippen LogP contribution in [-0.2, 0) is 9.59 Å². The number of carbonyl (C=O) groups is 2. The van der Waals surface area contributed by atoms with Gasteiger partial charge in [-0.25, -0.2) is 4.79 Å². The third-order valence-electron chi connectivity index (χ3n) is 3.71. The molecule has 1 aliphatic carbocycles. The van der Waals surface area contributed by atoms with Crippen molar-refractivity contribution in [3.63, 3.8) is 0 Å². The summed E-state index contributed by atoms with van der Waals surface area (Å²) in [5, 5.41) is 27.5. The molecule has 0 heterocycles. The fraction of sp³-hybridized carbons (Fsp3) is 0.538. The van der Waals surface area contributed by atoms with Crippen LogP contribution in [0.3, 0.4) is 0 Å². The van der Waals surface area contributed by atoms with Gasteiger partial charge in [-0.05, 0) is 37.8 Å². The van der Waals surface area contributed by atoms with Gasteiger partial charge in [0.15, 0.2) is 0 Å². The summed E-state index contributed by atoms with van der Waals surface area (Å²) in [5.74, 6) is -2.11. The summed E-state index contributed by atoms with van der Waals surface area (Å²) in [4.78, 5) is 22.6. The van der Waals surface area contributed by atoms with Gasteiger partial charge in [0.25, 0.3) is 0 Å². The van der Waals surface area contributed by atoms with Gasteiger partial charge in [-0.3, -0.25) is 4.79 Å². The molecule has 1 aliphatic rings. The normalized spacial score (nSPS) is 23.8. The van der Waals surface area contributed by atoms with Crippen LogP contribution in [0.2, 0.25) is 0 Å². The quantitative estimate of drug-likeness (QED) is 0.692. The van der Waals surface area contributed by atoms with Crippen LogP contribution in [-0.4, -0.2) is 33.9 Å². The predicted molar refractivity (Wildman–Crippen MR) is 65.1 cm³/mol. The SMILES string of the molecule is CCC1(C(=O)O)CC(C(=O)O)=CC(CCO)=C1C. The maximum atomic E-state index is 11.5. The molecule has 5 nitrogen and oxygen atoms in total. The molecule has 0 amide bonds. The molecule has 18 heavy (non-hydrogen) atoms. The second-order valence-corrected chi connectivity index (χ2v) is 4.52. The van der Waals surface area contributed by atoms with Crippen molar-refractivity contribution >= 4 is 11.9 Å². The molecule has 100 valence electrons. The molecule has 0 aliphatic heterocycles. The highest BCUT2D eigenvalue weighted by Crippen LogP contribution is 2.44. The number of hydrogen-bond acceptors (Lipinski definition) is 3. The van der Waals surface area contributed by atoms with Crippen molar-refractivity contribution in [1.82, 2.24) is 0 Å². The highest BCUT2D eigenvalue weighted by atomic mass is 16.4. The van der Waals surface area contributed by atoms with E-state index in [-0.39, 0.29) is 25.0 Å². The van der Waals surface area contributed by atoms with Gasteiger partial charge in [0.05, 0.1) is 5.41 Å². The fourth-order valence-electron chi connectivity index (χ4n) is 2.43. The van der Waals surface area contributed by atoms with Crippen LogP contribution in [0.5, 0.6) is 0 Å². The maximum Gasteiger partial charge on any atom is 0.331 e. The van der Waals surface area contributed by atoms with E-state index in [0.717, 1.165) is 0 Å². The van der Waals surface area contributed by atoms with E-state index in [1.54, 1.807) is 13.8 Å². The van der Waals surface area contributed by atoms with E-state index in [0.29, 0.717) is 17.6 Å². The third kappa shape index (κ3) is 2.31. The van der Waals surface area contributed by atoms with Crippen molar-refractivity contribution in [2.45, 2.75) is 33.1 Å². The van der Waals surface area contributed by atoms with E-state index in [1.165, 1.54) is 6.08 Å². The topological polar surface area (TPSA) is 94.8 Å². The maximum absolute atomic E-state index is 11.5. The Kier molecular flexibility index (Phi) is 4.29. The smallest absolute Gasteiger partial charge is 0.331 e. The Morgan fingerprint density at radius 1 is 1.39 bits per heavy atom. The summed E-state index contributed by atoms with van der Waals surface area (Å²) in [6.07, 6.45) is 2.09. The first-order chi connectivity index (χ1) is 8.39. The first kappa shape index (κ1) is 14.4. The molecule has 1 rings (SSSR count). The number of aliphatic carboxylic acids is 2. The Morgan fingerprint density at radius 3 is 2.39 bits per heavy atom. The van der Waals surface area contributed by atoms with Crippen molar-refractivity contribution in [1.29, 1.82) is 0 Å². The van der Waals surface area contributed by atoms with Gasteiger partial charge in [0.1, 0.15) is 0 Å². The summed E-state index contributed by atoms with van der Waals surface area (Å²) in [6, 6.07) is 0. The molecule has 0 saturated carbocycles. The van der Waals surface area contributed by atoms with E-state index in [4.69, 9.17) is 10.2 Å². The molecule has 0 saturated heterocycles. The fourth-order valence-corrected chi connectivity index (χ4v) is 2.43. The molecule has 0 aromatic carbocycles. The van der Waals surface area contributed by atoms with Crippen molar-refractivity contribution < 1.29 is 24.9 Å². The lowest BCUT2D eigenvalue weighted by molar-refractivity contribution is -0.147. The molecule has 0 bridgehead atoms. The van der Waals surface area contributed by atoms with Gasteiger partial charge in [-0.2, -0.15) is 0 Å². The zero-order valence-electron chi connectivity index (χ0n) is 10.6. The van der Waals surface area contributed by atoms with Crippen molar-refractivity contribution in [2.24, 2.45) is 5.41 Å². The standard InChI is InChI=1S/C13H18O5/c1-3-13(12(17)18)7-10(11(15)16)6-9(4-5-14)8(13)2/h6,14H,3-5,7H2,1-2H3,(H,15,16)(H,17,18). The summed E-state index contributed by atoms with van der Waals surface area (Å²) in [7, 11) is 0. The van der Waals surface area contributed by atoms with Crippen molar-refractivity contribution in [3.05, 3.63) is 22.8 Å². The van der Waals surface area contributed by atoms with Crippen LogP contribution in [0.4, 0.5) is 0 Å². The Hall–Kier alpha value is -1.62. The van der Waals surface area contributed by atoms with Crippen LogP contribution in [0.1, 0.15) is 33.1 Å². The van der Waals surface area contributed by atoms with Gasteiger partial charge in [-0.15, -0.1) is 0 Å². The minimum absolute atomic E-state index is 0.00503. The number of carboxylic acid groups (broad SMARTS) is 2. The van der Waals surface area contributed by atoms with E-state index in [2.05, 4.69) is 0 Å². The Balaban J connectivity index is 3.36. The number of carboxylic acids is 2. The highest BCUT2D eigenvalue weighted by molar-refractivity contribution is 5.91. The average molecular weight is 254 g/mol. The molecule has 0 radical (unpaired) electrons. The molecular formula is C13H18O5. The molecule has 0 spiro atoms. The number of aliphatic hydroxyl groups is 1. The zero-order chi connectivity index (χ0) is 13.9. The lowest BCUT2D eigenvalue weighted by Crippen LogP contribution is -2.36. The number of rotatable bonds is 5. The van der Waals surface area contributed by atoms with Crippen LogP contribution in [0, 0.1) is 5.41 Å².